The first kappa shape index (κ1) is 58.0. The lowest BCUT2D eigenvalue weighted by molar-refractivity contribution is 1.13. The molecule has 7 heteroatoms. The maximum Gasteiger partial charge on any atom is 0.138 e. The first-order chi connectivity index (χ1) is 47.1. The molecule has 0 atom stereocenters. The van der Waals surface area contributed by atoms with Crippen molar-refractivity contribution in [3.63, 3.8) is 0 Å². The van der Waals surface area contributed by atoms with Crippen molar-refractivity contribution in [3.8, 4) is 44.5 Å². The van der Waals surface area contributed by atoms with Gasteiger partial charge in [-0.1, -0.05) is 271 Å². The van der Waals surface area contributed by atoms with E-state index in [1.807, 2.05) is 85.2 Å². The van der Waals surface area contributed by atoms with E-state index < -0.39 is 0 Å². The fourth-order valence-corrected chi connectivity index (χ4v) is 14.1. The predicted octanol–water partition coefficient (Wildman–Crippen LogP) is 24.5. The van der Waals surface area contributed by atoms with Crippen LogP contribution in [-0.4, -0.2) is 19.9 Å². The number of pyridine rings is 4. The standard InChI is InChI=1S/C44H29N3.C34H21Br.C10H9N3/c1-3-17-33-30(13-1)15-11-21-35(33)43-37-19-5-6-20-38(37)44(36-22-12-16-31-14-2-4-18-34(31)36)40-29-32(25-26-39(40)43)47(41-23-7-9-27-45-41)42-24-8-10-28-46-42;35-24-19-20-31-32(21-24)34(28-18-8-12-23-10-2-4-14-26(23)28)30-16-6-5-15-29(30)33(31)27-17-7-11-22-9-1-3-13-25(22)27;1-3-7-11-9(5-1)13-10-6-2-4-8-12-10/h1-29H;1-21H;1-8H,(H,11,12,13). The number of rotatable bonds is 9. The minimum Gasteiger partial charge on any atom is -0.325 e. The number of nitrogens with one attached hydrogen (secondary N) is 1. The van der Waals surface area contributed by atoms with Crippen molar-refractivity contribution in [3.05, 3.63) is 357 Å². The van der Waals surface area contributed by atoms with E-state index in [1.165, 1.54) is 131 Å². The lowest BCUT2D eigenvalue weighted by atomic mass is 9.83. The average Bonchev–Trinajstić information content (AvgIpc) is 0.731. The van der Waals surface area contributed by atoms with Gasteiger partial charge in [0.05, 0.1) is 0 Å². The third kappa shape index (κ3) is 11.2. The summed E-state index contributed by atoms with van der Waals surface area (Å²) in [7, 11) is 0. The van der Waals surface area contributed by atoms with Crippen LogP contribution >= 0.6 is 15.9 Å². The molecule has 0 aliphatic heterocycles. The highest BCUT2D eigenvalue weighted by Gasteiger charge is 2.24. The van der Waals surface area contributed by atoms with Gasteiger partial charge in [-0.05, 0) is 203 Å². The molecule has 4 aromatic heterocycles. The zero-order valence-electron chi connectivity index (χ0n) is 51.6. The fourth-order valence-electron chi connectivity index (χ4n) is 13.7. The second kappa shape index (κ2) is 25.8. The van der Waals surface area contributed by atoms with E-state index in [9.17, 15) is 0 Å². The van der Waals surface area contributed by atoms with Gasteiger partial charge >= 0.3 is 0 Å². The van der Waals surface area contributed by atoms with E-state index in [-0.39, 0.29) is 0 Å². The molecule has 18 aromatic rings. The van der Waals surface area contributed by atoms with Gasteiger partial charge in [-0.3, -0.25) is 4.90 Å². The van der Waals surface area contributed by atoms with Crippen LogP contribution in [0.5, 0.6) is 0 Å². The van der Waals surface area contributed by atoms with Crippen molar-refractivity contribution in [2.24, 2.45) is 0 Å². The summed E-state index contributed by atoms with van der Waals surface area (Å²) in [5.41, 5.74) is 11.0. The van der Waals surface area contributed by atoms with E-state index in [0.717, 1.165) is 33.4 Å². The lowest BCUT2D eigenvalue weighted by Gasteiger charge is -2.25. The summed E-state index contributed by atoms with van der Waals surface area (Å²) in [5, 5.41) is 23.0. The van der Waals surface area contributed by atoms with Crippen LogP contribution in [0.25, 0.3) is 131 Å². The Hall–Kier alpha value is -12.2. The molecule has 0 amide bonds. The zero-order valence-corrected chi connectivity index (χ0v) is 53.2. The fraction of sp³-hybridized carbons (Fsp3) is 0. The SMILES string of the molecule is Brc1ccc2c(-c3cccc4ccccc34)c3ccccc3c(-c3cccc4ccccc34)c2c1.c1ccc(N(c2ccc3c(-c4cccc5ccccc45)c4ccccc4c(-c4cccc5ccccc45)c3c2)c2ccccn2)nc1.c1ccc(Nc2ccccn2)nc1. The van der Waals surface area contributed by atoms with Crippen LogP contribution in [0, 0.1) is 0 Å². The van der Waals surface area contributed by atoms with E-state index in [0.29, 0.717) is 0 Å². The molecule has 95 heavy (non-hydrogen) atoms. The van der Waals surface area contributed by atoms with Crippen molar-refractivity contribution >= 4 is 131 Å². The number of nitrogens with zero attached hydrogens (tertiary/aromatic N) is 5. The molecule has 0 saturated heterocycles. The van der Waals surface area contributed by atoms with Gasteiger partial charge in [0.2, 0.25) is 0 Å². The Morgan fingerprint density at radius 1 is 0.232 bits per heavy atom. The van der Waals surface area contributed by atoms with Gasteiger partial charge in [-0.2, -0.15) is 0 Å². The highest BCUT2D eigenvalue weighted by atomic mass is 79.9. The van der Waals surface area contributed by atoms with Gasteiger partial charge in [0.1, 0.15) is 23.3 Å². The highest BCUT2D eigenvalue weighted by molar-refractivity contribution is 9.10. The Morgan fingerprint density at radius 2 is 0.526 bits per heavy atom. The maximum atomic E-state index is 4.77. The molecule has 0 unspecified atom stereocenters. The third-order valence-corrected chi connectivity index (χ3v) is 18.3. The molecule has 448 valence electrons. The van der Waals surface area contributed by atoms with E-state index in [4.69, 9.17) is 9.97 Å². The van der Waals surface area contributed by atoms with Crippen LogP contribution in [-0.2, 0) is 0 Å². The van der Waals surface area contributed by atoms with Crippen LogP contribution in [0.1, 0.15) is 0 Å². The minimum absolute atomic E-state index is 0.807. The Morgan fingerprint density at radius 3 is 0.884 bits per heavy atom. The van der Waals surface area contributed by atoms with Gasteiger partial charge in [-0.25, -0.2) is 19.9 Å². The molecule has 0 aliphatic carbocycles. The number of halogens is 1. The molecule has 6 nitrogen and oxygen atoms in total. The first-order valence-corrected chi connectivity index (χ1v) is 32.7. The van der Waals surface area contributed by atoms with E-state index in [2.05, 4.69) is 291 Å². The summed E-state index contributed by atoms with van der Waals surface area (Å²) < 4.78 is 1.09. The smallest absolute Gasteiger partial charge is 0.138 e. The third-order valence-electron chi connectivity index (χ3n) is 17.8. The number of aromatic nitrogens is 4. The number of anilines is 5. The molecule has 0 fully saturated rings. The summed E-state index contributed by atoms with van der Waals surface area (Å²) in [6.07, 6.45) is 7.15. The second-order valence-electron chi connectivity index (χ2n) is 23.4. The average molecular weight is 1280 g/mol. The highest BCUT2D eigenvalue weighted by Crippen LogP contribution is 2.50. The van der Waals surface area contributed by atoms with Crippen molar-refractivity contribution in [2.45, 2.75) is 0 Å². The monoisotopic (exact) mass is 1280 g/mol. The topological polar surface area (TPSA) is 66.8 Å². The number of hydrogen-bond acceptors (Lipinski definition) is 6. The van der Waals surface area contributed by atoms with Crippen LogP contribution in [0.4, 0.5) is 29.0 Å². The van der Waals surface area contributed by atoms with Crippen molar-refractivity contribution in [1.82, 2.24) is 19.9 Å². The number of hydrogen-bond donors (Lipinski definition) is 1. The minimum atomic E-state index is 0.807. The van der Waals surface area contributed by atoms with Gasteiger partial charge in [0, 0.05) is 34.9 Å². The molecule has 0 spiro atoms. The van der Waals surface area contributed by atoms with Gasteiger partial charge in [0.25, 0.3) is 0 Å². The molecule has 0 saturated carbocycles. The molecular formula is C88H59BrN6. The summed E-state index contributed by atoms with van der Waals surface area (Å²) in [6.45, 7) is 0. The van der Waals surface area contributed by atoms with Crippen molar-refractivity contribution in [1.29, 1.82) is 0 Å². The molecule has 4 heterocycles. The van der Waals surface area contributed by atoms with E-state index in [1.54, 1.807) is 12.4 Å². The van der Waals surface area contributed by atoms with Crippen LogP contribution < -0.4 is 10.2 Å². The lowest BCUT2D eigenvalue weighted by Crippen LogP contribution is -2.12. The Balaban J connectivity index is 0.000000129. The van der Waals surface area contributed by atoms with Gasteiger partial charge in [0.15, 0.2) is 0 Å². The zero-order chi connectivity index (χ0) is 63.4. The van der Waals surface area contributed by atoms with Crippen molar-refractivity contribution < 1.29 is 0 Å². The molecular weight excluding hydrogens is 1220 g/mol. The molecule has 0 radical (unpaired) electrons. The Labute approximate surface area is 558 Å². The van der Waals surface area contributed by atoms with E-state index >= 15 is 0 Å². The van der Waals surface area contributed by atoms with Crippen molar-refractivity contribution in [2.75, 3.05) is 10.2 Å². The largest absolute Gasteiger partial charge is 0.325 e. The van der Waals surface area contributed by atoms with Crippen LogP contribution in [0.15, 0.2) is 357 Å². The predicted molar refractivity (Wildman–Crippen MR) is 404 cm³/mol. The summed E-state index contributed by atoms with van der Waals surface area (Å²) in [4.78, 5) is 19.9. The first-order valence-electron chi connectivity index (χ1n) is 31.9. The van der Waals surface area contributed by atoms with Crippen LogP contribution in [0.3, 0.4) is 0 Å². The normalized spacial score (nSPS) is 11.2. The number of fused-ring (bicyclic) bond motifs is 8. The maximum absolute atomic E-state index is 4.77. The molecule has 14 aromatic carbocycles. The van der Waals surface area contributed by atoms with Crippen LogP contribution in [0.2, 0.25) is 0 Å². The molecule has 0 aliphatic rings. The molecule has 18 rings (SSSR count). The summed E-state index contributed by atoms with van der Waals surface area (Å²) in [6, 6.07) is 116. The van der Waals surface area contributed by atoms with Gasteiger partial charge in [-0.15, -0.1) is 0 Å². The molecule has 0 bridgehead atoms. The second-order valence-corrected chi connectivity index (χ2v) is 24.3. The Bertz CT molecular complexity index is 5750. The number of benzene rings is 14. The van der Waals surface area contributed by atoms with Gasteiger partial charge < -0.3 is 5.32 Å². The Kier molecular flexibility index (Phi) is 15.8. The quantitative estimate of drug-likeness (QED) is 0.145. The summed E-state index contributed by atoms with van der Waals surface area (Å²) >= 11 is 3.77. The summed E-state index contributed by atoms with van der Waals surface area (Å²) in [5.74, 6) is 3.24. The molecule has 1 N–H and O–H groups in total.